The largest absolute Gasteiger partial charge is 0.478 e. The first-order chi connectivity index (χ1) is 8.58. The van der Waals surface area contributed by atoms with Gasteiger partial charge in [-0.1, -0.05) is 6.07 Å². The molecule has 1 heterocycles. The number of carboxylic acid groups (broad SMARTS) is 1. The maximum Gasteiger partial charge on any atom is 0.336 e. The summed E-state index contributed by atoms with van der Waals surface area (Å²) in [6, 6.07) is 4.77. The van der Waals surface area contributed by atoms with E-state index >= 15 is 0 Å². The van der Waals surface area contributed by atoms with Gasteiger partial charge in [-0.2, -0.15) is 0 Å². The summed E-state index contributed by atoms with van der Waals surface area (Å²) in [4.78, 5) is 19.8. The Morgan fingerprint density at radius 1 is 1.33 bits per heavy atom. The normalized spacial score (nSPS) is 10.3. The van der Waals surface area contributed by atoms with Gasteiger partial charge < -0.3 is 10.8 Å². The summed E-state index contributed by atoms with van der Waals surface area (Å²) in [6.45, 7) is 1.88. The summed E-state index contributed by atoms with van der Waals surface area (Å²) in [5.41, 5.74) is 7.30. The molecule has 0 saturated carbocycles. The van der Waals surface area contributed by atoms with Crippen LogP contribution in [0.15, 0.2) is 40.6 Å². The molecule has 2 rings (SSSR count). The third kappa shape index (κ3) is 2.60. The lowest BCUT2D eigenvalue weighted by Crippen LogP contribution is -2.02. The average Bonchev–Trinajstić information content (AvgIpc) is 2.34. The van der Waals surface area contributed by atoms with Crippen molar-refractivity contribution in [2.75, 3.05) is 5.73 Å². The number of nitrogen functional groups attached to an aromatic ring is 1. The van der Waals surface area contributed by atoms with Crippen molar-refractivity contribution in [3.05, 3.63) is 41.7 Å². The molecule has 6 heteroatoms. The van der Waals surface area contributed by atoms with E-state index in [1.165, 1.54) is 6.07 Å². The van der Waals surface area contributed by atoms with E-state index in [1.807, 2.05) is 6.92 Å². The van der Waals surface area contributed by atoms with Crippen LogP contribution in [-0.4, -0.2) is 21.0 Å². The summed E-state index contributed by atoms with van der Waals surface area (Å²) in [7, 11) is 0. The Balaban J connectivity index is 2.39. The number of carbonyl (C=O) groups is 1. The minimum atomic E-state index is -1.02. The molecular formula is C12H11N3O2S. The highest BCUT2D eigenvalue weighted by Crippen LogP contribution is 2.32. The highest BCUT2D eigenvalue weighted by Gasteiger charge is 2.14. The highest BCUT2D eigenvalue weighted by molar-refractivity contribution is 7.99. The predicted molar refractivity (Wildman–Crippen MR) is 68.7 cm³/mol. The molecule has 0 amide bonds. The number of hydrogen-bond acceptors (Lipinski definition) is 5. The van der Waals surface area contributed by atoms with Gasteiger partial charge in [0.05, 0.1) is 10.5 Å². The molecule has 92 valence electrons. The van der Waals surface area contributed by atoms with E-state index in [4.69, 9.17) is 10.8 Å². The topological polar surface area (TPSA) is 89.1 Å². The van der Waals surface area contributed by atoms with Crippen LogP contribution in [0.3, 0.4) is 0 Å². The van der Waals surface area contributed by atoms with Gasteiger partial charge in [0.15, 0.2) is 5.16 Å². The Kier molecular flexibility index (Phi) is 3.47. The standard InChI is InChI=1S/C12H11N3O2S/c1-7-5-14-12(15-6-7)18-10-8(11(16)17)3-2-4-9(10)13/h2-6H,13H2,1H3,(H,16,17). The Labute approximate surface area is 108 Å². The fourth-order valence-corrected chi connectivity index (χ4v) is 2.21. The monoisotopic (exact) mass is 261 g/mol. The first-order valence-corrected chi connectivity index (χ1v) is 5.98. The molecule has 0 saturated heterocycles. The minimum Gasteiger partial charge on any atom is -0.478 e. The molecule has 5 nitrogen and oxygen atoms in total. The first-order valence-electron chi connectivity index (χ1n) is 5.16. The molecule has 1 aromatic heterocycles. The van der Waals surface area contributed by atoms with Crippen LogP contribution in [0.4, 0.5) is 5.69 Å². The molecule has 0 atom stereocenters. The van der Waals surface area contributed by atoms with Crippen LogP contribution >= 0.6 is 11.8 Å². The fraction of sp³-hybridized carbons (Fsp3) is 0.0833. The van der Waals surface area contributed by atoms with Gasteiger partial charge in [-0.05, 0) is 36.4 Å². The van der Waals surface area contributed by atoms with Gasteiger partial charge in [-0.3, -0.25) is 0 Å². The summed E-state index contributed by atoms with van der Waals surface area (Å²) in [5, 5.41) is 9.58. The lowest BCUT2D eigenvalue weighted by molar-refractivity contribution is 0.0693. The fourth-order valence-electron chi connectivity index (χ4n) is 1.36. The average molecular weight is 261 g/mol. The Hall–Kier alpha value is -2.08. The minimum absolute atomic E-state index is 0.157. The van der Waals surface area contributed by atoms with Gasteiger partial charge in [0.2, 0.25) is 0 Å². The van der Waals surface area contributed by atoms with E-state index in [2.05, 4.69) is 9.97 Å². The van der Waals surface area contributed by atoms with Crippen molar-refractivity contribution in [1.82, 2.24) is 9.97 Å². The van der Waals surface area contributed by atoms with E-state index in [-0.39, 0.29) is 5.56 Å². The molecule has 0 aliphatic rings. The van der Waals surface area contributed by atoms with Gasteiger partial charge in [0.25, 0.3) is 0 Å². The van der Waals surface area contributed by atoms with Crippen molar-refractivity contribution in [2.24, 2.45) is 0 Å². The molecule has 2 aromatic rings. The number of anilines is 1. The second-order valence-corrected chi connectivity index (χ2v) is 4.65. The van der Waals surface area contributed by atoms with Crippen LogP contribution in [0.2, 0.25) is 0 Å². The molecule has 0 radical (unpaired) electrons. The Bertz CT molecular complexity index is 584. The zero-order chi connectivity index (χ0) is 13.1. The Morgan fingerprint density at radius 3 is 2.61 bits per heavy atom. The molecule has 0 bridgehead atoms. The SMILES string of the molecule is Cc1cnc(Sc2c(N)cccc2C(=O)O)nc1. The van der Waals surface area contributed by atoms with Gasteiger partial charge in [0, 0.05) is 18.1 Å². The second kappa shape index (κ2) is 5.05. The molecule has 1 aromatic carbocycles. The van der Waals surface area contributed by atoms with E-state index < -0.39 is 5.97 Å². The summed E-state index contributed by atoms with van der Waals surface area (Å²) in [6.07, 6.45) is 3.35. The zero-order valence-electron chi connectivity index (χ0n) is 9.62. The number of rotatable bonds is 3. The third-order valence-electron chi connectivity index (χ3n) is 2.23. The van der Waals surface area contributed by atoms with E-state index in [0.717, 1.165) is 17.3 Å². The second-order valence-electron chi connectivity index (χ2n) is 3.67. The zero-order valence-corrected chi connectivity index (χ0v) is 10.4. The molecule has 0 aliphatic heterocycles. The molecule has 18 heavy (non-hydrogen) atoms. The number of hydrogen-bond donors (Lipinski definition) is 2. The van der Waals surface area contributed by atoms with Crippen LogP contribution in [-0.2, 0) is 0 Å². The summed E-state index contributed by atoms with van der Waals surface area (Å²) in [5.74, 6) is -1.02. The van der Waals surface area contributed by atoms with Crippen LogP contribution in [0.1, 0.15) is 15.9 Å². The van der Waals surface area contributed by atoms with Crippen molar-refractivity contribution in [3.8, 4) is 0 Å². The highest BCUT2D eigenvalue weighted by atomic mass is 32.2. The lowest BCUT2D eigenvalue weighted by atomic mass is 10.2. The van der Waals surface area contributed by atoms with Gasteiger partial charge in [-0.15, -0.1) is 0 Å². The van der Waals surface area contributed by atoms with E-state index in [9.17, 15) is 4.79 Å². The van der Waals surface area contributed by atoms with Crippen molar-refractivity contribution < 1.29 is 9.90 Å². The molecule has 0 fully saturated rings. The van der Waals surface area contributed by atoms with Crippen molar-refractivity contribution in [3.63, 3.8) is 0 Å². The number of aryl methyl sites for hydroxylation is 1. The maximum absolute atomic E-state index is 11.1. The number of benzene rings is 1. The number of nitrogens with zero attached hydrogens (tertiary/aromatic N) is 2. The predicted octanol–water partition coefficient (Wildman–Crippen LogP) is 2.22. The van der Waals surface area contributed by atoms with Crippen molar-refractivity contribution in [2.45, 2.75) is 17.0 Å². The van der Waals surface area contributed by atoms with Gasteiger partial charge >= 0.3 is 5.97 Å². The van der Waals surface area contributed by atoms with Crippen molar-refractivity contribution >= 4 is 23.4 Å². The van der Waals surface area contributed by atoms with Crippen LogP contribution in [0.5, 0.6) is 0 Å². The number of aromatic carboxylic acids is 1. The Morgan fingerprint density at radius 2 is 2.00 bits per heavy atom. The molecule has 0 spiro atoms. The summed E-state index contributed by atoms with van der Waals surface area (Å²) >= 11 is 1.15. The molecule has 3 N–H and O–H groups in total. The molecule has 0 aliphatic carbocycles. The molecule has 0 unspecified atom stereocenters. The number of aromatic nitrogens is 2. The summed E-state index contributed by atoms with van der Waals surface area (Å²) < 4.78 is 0. The lowest BCUT2D eigenvalue weighted by Gasteiger charge is -2.07. The van der Waals surface area contributed by atoms with Gasteiger partial charge in [-0.25, -0.2) is 14.8 Å². The van der Waals surface area contributed by atoms with E-state index in [0.29, 0.717) is 15.7 Å². The van der Waals surface area contributed by atoms with E-state index in [1.54, 1.807) is 24.5 Å². The number of carboxylic acids is 1. The van der Waals surface area contributed by atoms with Crippen molar-refractivity contribution in [1.29, 1.82) is 0 Å². The number of nitrogens with two attached hydrogens (primary N) is 1. The van der Waals surface area contributed by atoms with Crippen LogP contribution in [0.25, 0.3) is 0 Å². The van der Waals surface area contributed by atoms with Gasteiger partial charge in [0.1, 0.15) is 0 Å². The van der Waals surface area contributed by atoms with Crippen LogP contribution < -0.4 is 5.73 Å². The quantitative estimate of drug-likeness (QED) is 0.650. The smallest absolute Gasteiger partial charge is 0.336 e. The third-order valence-corrected chi connectivity index (χ3v) is 3.28. The first kappa shape index (κ1) is 12.4. The molecular weight excluding hydrogens is 250 g/mol. The maximum atomic E-state index is 11.1. The van der Waals surface area contributed by atoms with Crippen LogP contribution in [0, 0.1) is 6.92 Å².